The lowest BCUT2D eigenvalue weighted by Crippen LogP contribution is -2.53. The maximum absolute atomic E-state index is 13.7. The normalized spacial score (nSPS) is 23.3. The Morgan fingerprint density at radius 3 is 2.53 bits per heavy atom. The number of ether oxygens (including phenoxy) is 2. The highest BCUT2D eigenvalue weighted by atomic mass is 32.2. The molecule has 2 unspecified atom stereocenters. The lowest BCUT2D eigenvalue weighted by molar-refractivity contribution is -0.155. The number of sulfonamides is 1. The molecule has 11 nitrogen and oxygen atoms in total. The minimum atomic E-state index is -4.12. The van der Waals surface area contributed by atoms with Gasteiger partial charge in [-0.1, -0.05) is 24.3 Å². The summed E-state index contributed by atoms with van der Waals surface area (Å²) in [6, 6.07) is 13.6. The summed E-state index contributed by atoms with van der Waals surface area (Å²) >= 11 is 0. The third kappa shape index (κ3) is 5.81. The summed E-state index contributed by atoms with van der Waals surface area (Å²) in [7, 11) is -4.12. The van der Waals surface area contributed by atoms with Gasteiger partial charge in [-0.15, -0.1) is 0 Å². The Morgan fingerprint density at radius 1 is 1.05 bits per heavy atom. The summed E-state index contributed by atoms with van der Waals surface area (Å²) in [5.41, 5.74) is 3.56. The average Bonchev–Trinajstić information content (AvgIpc) is 3.13. The molecular weight excluding hydrogens is 570 g/mol. The van der Waals surface area contributed by atoms with Crippen LogP contribution < -0.4 is 9.46 Å². The van der Waals surface area contributed by atoms with Crippen molar-refractivity contribution < 1.29 is 27.5 Å². The van der Waals surface area contributed by atoms with E-state index in [-0.39, 0.29) is 52.7 Å². The molecule has 3 aromatic rings. The molecule has 226 valence electrons. The molecule has 6 bridgehead atoms. The van der Waals surface area contributed by atoms with E-state index >= 15 is 0 Å². The molecule has 3 aliphatic rings. The van der Waals surface area contributed by atoms with Gasteiger partial charge in [0.25, 0.3) is 15.9 Å². The van der Waals surface area contributed by atoms with E-state index in [9.17, 15) is 18.0 Å². The number of hydrogen-bond donors (Lipinski definition) is 1. The number of esters is 1. The SMILES string of the molecule is CCOC(=O)C1CCC1N1CCN2C[C@@H](C1)Oc1cc(-c3c(C)cccc3C)nc(n1)NS(=O)(=O)c1cccc(c1)C2=O. The summed E-state index contributed by atoms with van der Waals surface area (Å²) in [5, 5.41) is 0. The number of benzene rings is 2. The van der Waals surface area contributed by atoms with Crippen LogP contribution in [0.4, 0.5) is 5.95 Å². The number of rotatable bonds is 4. The number of hydrogen-bond acceptors (Lipinski definition) is 9. The van der Waals surface area contributed by atoms with Crippen LogP contribution in [0.5, 0.6) is 5.88 Å². The van der Waals surface area contributed by atoms with Crippen molar-refractivity contribution in [3.8, 4) is 17.1 Å². The van der Waals surface area contributed by atoms with Gasteiger partial charge in [-0.3, -0.25) is 14.5 Å². The summed E-state index contributed by atoms with van der Waals surface area (Å²) in [6.45, 7) is 7.71. The number of carbonyl (C=O) groups is 2. The van der Waals surface area contributed by atoms with Crippen LogP contribution in [0, 0.1) is 19.8 Å². The maximum Gasteiger partial charge on any atom is 0.310 e. The van der Waals surface area contributed by atoms with Gasteiger partial charge in [-0.2, -0.15) is 4.98 Å². The number of amides is 1. The molecule has 3 heterocycles. The van der Waals surface area contributed by atoms with Crippen LogP contribution in [0.1, 0.15) is 41.3 Å². The molecule has 1 N–H and O–H groups in total. The molecule has 1 amide bonds. The van der Waals surface area contributed by atoms with Gasteiger partial charge in [0.05, 0.1) is 29.7 Å². The van der Waals surface area contributed by atoms with Crippen molar-refractivity contribution in [2.75, 3.05) is 37.5 Å². The van der Waals surface area contributed by atoms with Crippen molar-refractivity contribution >= 4 is 27.8 Å². The minimum Gasteiger partial charge on any atom is -0.471 e. The fraction of sp³-hybridized carbons (Fsp3) is 0.419. The van der Waals surface area contributed by atoms with Gasteiger partial charge < -0.3 is 14.4 Å². The van der Waals surface area contributed by atoms with Crippen LogP contribution >= 0.6 is 0 Å². The van der Waals surface area contributed by atoms with Crippen LogP contribution in [0.25, 0.3) is 11.3 Å². The predicted octanol–water partition coefficient (Wildman–Crippen LogP) is 3.42. The first kappa shape index (κ1) is 29.1. The van der Waals surface area contributed by atoms with E-state index in [1.807, 2.05) is 32.0 Å². The first-order chi connectivity index (χ1) is 20.6. The molecule has 2 aromatic carbocycles. The highest BCUT2D eigenvalue weighted by molar-refractivity contribution is 7.92. The number of anilines is 1. The van der Waals surface area contributed by atoms with E-state index in [0.717, 1.165) is 29.5 Å². The Hall–Kier alpha value is -4.03. The molecule has 1 saturated heterocycles. The average molecular weight is 606 g/mol. The van der Waals surface area contributed by atoms with Gasteiger partial charge in [0, 0.05) is 42.9 Å². The Balaban J connectivity index is 1.43. The molecule has 1 aliphatic carbocycles. The van der Waals surface area contributed by atoms with Crippen LogP contribution in [0.2, 0.25) is 0 Å². The summed E-state index contributed by atoms with van der Waals surface area (Å²) in [4.78, 5) is 39.3. The van der Waals surface area contributed by atoms with E-state index in [1.54, 1.807) is 30.0 Å². The van der Waals surface area contributed by atoms with Crippen molar-refractivity contribution in [2.24, 2.45) is 5.92 Å². The number of aromatic nitrogens is 2. The summed E-state index contributed by atoms with van der Waals surface area (Å²) < 4.78 is 41.2. The van der Waals surface area contributed by atoms with Crippen molar-refractivity contribution in [3.63, 3.8) is 0 Å². The Bertz CT molecular complexity index is 1660. The van der Waals surface area contributed by atoms with Crippen molar-refractivity contribution in [2.45, 2.75) is 50.7 Å². The summed E-state index contributed by atoms with van der Waals surface area (Å²) in [6.07, 6.45) is 1.10. The van der Waals surface area contributed by atoms with Crippen molar-refractivity contribution in [1.29, 1.82) is 0 Å². The molecule has 2 aliphatic heterocycles. The van der Waals surface area contributed by atoms with Gasteiger partial charge in [0.2, 0.25) is 11.8 Å². The monoisotopic (exact) mass is 605 g/mol. The number of carbonyl (C=O) groups excluding carboxylic acids is 2. The standard InChI is InChI=1S/C31H35N5O6S/c1-4-41-30(38)24-11-12-26(24)35-13-14-36-18-22(17-35)42-27-16-25(28-19(2)7-5-8-20(28)3)32-31(33-27)34-43(39,40)23-10-6-9-21(15-23)29(36)37/h5-10,15-16,22,24,26H,4,11-14,17-18H2,1-3H3,(H,32,33,34)/t22-,24?,26?/m1/s1. The Labute approximate surface area is 251 Å². The second kappa shape index (κ2) is 11.6. The molecule has 3 atom stereocenters. The first-order valence-corrected chi connectivity index (χ1v) is 16.1. The third-order valence-electron chi connectivity index (χ3n) is 8.45. The smallest absolute Gasteiger partial charge is 0.310 e. The molecule has 1 saturated carbocycles. The van der Waals surface area contributed by atoms with E-state index in [4.69, 9.17) is 9.47 Å². The number of nitrogens with one attached hydrogen (secondary N) is 1. The van der Waals surface area contributed by atoms with E-state index in [2.05, 4.69) is 19.6 Å². The van der Waals surface area contributed by atoms with E-state index in [0.29, 0.717) is 31.9 Å². The zero-order valence-electron chi connectivity index (χ0n) is 24.4. The van der Waals surface area contributed by atoms with Crippen LogP contribution in [-0.4, -0.2) is 85.0 Å². The van der Waals surface area contributed by atoms with Crippen LogP contribution in [0.15, 0.2) is 53.4 Å². The Kier molecular flexibility index (Phi) is 7.82. The fourth-order valence-electron chi connectivity index (χ4n) is 6.21. The molecule has 43 heavy (non-hydrogen) atoms. The molecule has 0 spiro atoms. The highest BCUT2D eigenvalue weighted by Crippen LogP contribution is 2.35. The topological polar surface area (TPSA) is 131 Å². The quantitative estimate of drug-likeness (QED) is 0.445. The second-order valence-corrected chi connectivity index (χ2v) is 13.0. The molecule has 1 aromatic heterocycles. The molecule has 12 heteroatoms. The highest BCUT2D eigenvalue weighted by Gasteiger charge is 2.43. The number of aryl methyl sites for hydroxylation is 2. The van der Waals surface area contributed by atoms with Gasteiger partial charge >= 0.3 is 5.97 Å². The zero-order chi connectivity index (χ0) is 30.3. The second-order valence-electron chi connectivity index (χ2n) is 11.3. The number of fused-ring (bicyclic) bond motifs is 6. The number of nitrogens with zero attached hydrogens (tertiary/aromatic N) is 4. The fourth-order valence-corrected chi connectivity index (χ4v) is 7.20. The zero-order valence-corrected chi connectivity index (χ0v) is 25.3. The van der Waals surface area contributed by atoms with E-state index < -0.39 is 16.1 Å². The lowest BCUT2D eigenvalue weighted by atomic mass is 9.78. The van der Waals surface area contributed by atoms with Gasteiger partial charge in [-0.05, 0) is 62.9 Å². The third-order valence-corrected chi connectivity index (χ3v) is 9.77. The maximum atomic E-state index is 13.7. The molecule has 6 rings (SSSR count). The summed E-state index contributed by atoms with van der Waals surface area (Å²) in [5.74, 6) is -0.656. The molecule has 0 radical (unpaired) electrons. The van der Waals surface area contributed by atoms with Crippen LogP contribution in [0.3, 0.4) is 0 Å². The lowest BCUT2D eigenvalue weighted by Gasteiger charge is -2.43. The van der Waals surface area contributed by atoms with Gasteiger partial charge in [0.1, 0.15) is 6.10 Å². The first-order valence-electron chi connectivity index (χ1n) is 14.6. The van der Waals surface area contributed by atoms with Crippen molar-refractivity contribution in [1.82, 2.24) is 19.8 Å². The molecular formula is C31H35N5O6S. The minimum absolute atomic E-state index is 0.0136. The van der Waals surface area contributed by atoms with Gasteiger partial charge in [0.15, 0.2) is 0 Å². The van der Waals surface area contributed by atoms with Crippen molar-refractivity contribution in [3.05, 3.63) is 65.2 Å². The van der Waals surface area contributed by atoms with Crippen LogP contribution in [-0.2, 0) is 19.6 Å². The predicted molar refractivity (Wildman–Crippen MR) is 159 cm³/mol. The molecule has 2 fully saturated rings. The van der Waals surface area contributed by atoms with E-state index in [1.165, 1.54) is 12.1 Å². The van der Waals surface area contributed by atoms with Gasteiger partial charge in [-0.25, -0.2) is 18.1 Å². The Morgan fingerprint density at radius 2 is 1.81 bits per heavy atom. The largest absolute Gasteiger partial charge is 0.471 e.